The molecule has 0 unspecified atom stereocenters. The van der Waals surface area contributed by atoms with E-state index in [1.807, 2.05) is 0 Å². The van der Waals surface area contributed by atoms with E-state index in [4.69, 9.17) is 9.47 Å². The highest BCUT2D eigenvalue weighted by Gasteiger charge is 2.18. The first kappa shape index (κ1) is 10.8. The van der Waals surface area contributed by atoms with Gasteiger partial charge in [-0.25, -0.2) is 0 Å². The van der Waals surface area contributed by atoms with Crippen molar-refractivity contribution in [2.75, 3.05) is 26.8 Å². The van der Waals surface area contributed by atoms with Gasteiger partial charge < -0.3 is 19.9 Å². The van der Waals surface area contributed by atoms with E-state index in [2.05, 4.69) is 5.32 Å². The number of phenols is 1. The minimum absolute atomic E-state index is 0.0792. The average Bonchev–Trinajstić information content (AvgIpc) is 2.28. The number of likely N-dealkylation sites (N-methyl/N-ethyl adjacent to an activating group) is 1. The van der Waals surface area contributed by atoms with E-state index in [9.17, 15) is 9.90 Å². The third kappa shape index (κ3) is 1.94. The molecule has 0 spiro atoms. The van der Waals surface area contributed by atoms with E-state index < -0.39 is 0 Å². The van der Waals surface area contributed by atoms with Gasteiger partial charge in [-0.15, -0.1) is 0 Å². The van der Waals surface area contributed by atoms with Crippen LogP contribution in [0.15, 0.2) is 12.1 Å². The van der Waals surface area contributed by atoms with E-state index >= 15 is 0 Å². The number of nitrogens with one attached hydrogen (secondary N) is 1. The Labute approximate surface area is 93.0 Å². The lowest BCUT2D eigenvalue weighted by Crippen LogP contribution is -2.20. The molecule has 2 rings (SSSR count). The summed E-state index contributed by atoms with van der Waals surface area (Å²) < 4.78 is 10.6. The summed E-state index contributed by atoms with van der Waals surface area (Å²) in [6.45, 7) is 1.08. The monoisotopic (exact) mass is 223 g/mol. The second-order valence-corrected chi connectivity index (χ2v) is 3.47. The van der Waals surface area contributed by atoms with Crippen LogP contribution in [0, 0.1) is 0 Å². The molecule has 0 saturated heterocycles. The normalized spacial score (nSPS) is 13.6. The number of benzene rings is 1. The summed E-state index contributed by atoms with van der Waals surface area (Å²) in [4.78, 5) is 11.6. The summed E-state index contributed by atoms with van der Waals surface area (Å²) in [7, 11) is 1.67. The summed E-state index contributed by atoms with van der Waals surface area (Å²) in [5, 5.41) is 12.4. The van der Waals surface area contributed by atoms with E-state index in [1.165, 1.54) is 12.1 Å². The zero-order valence-corrected chi connectivity index (χ0v) is 8.95. The number of fused-ring (bicyclic) bond motifs is 1. The predicted molar refractivity (Wildman–Crippen MR) is 57.4 cm³/mol. The molecule has 1 aliphatic rings. The molecule has 0 fully saturated rings. The number of carbonyl (C=O) groups excluding carboxylic acids is 1. The van der Waals surface area contributed by atoms with Crippen molar-refractivity contribution < 1.29 is 19.4 Å². The van der Waals surface area contributed by atoms with Gasteiger partial charge >= 0.3 is 0 Å². The van der Waals surface area contributed by atoms with Crippen LogP contribution in [0.5, 0.6) is 17.2 Å². The quantitative estimate of drug-likeness (QED) is 0.733. The number of carbonyl (C=O) groups is 1. The maximum Gasteiger partial charge on any atom is 0.180 e. The van der Waals surface area contributed by atoms with Crippen molar-refractivity contribution in [3.8, 4) is 17.2 Å². The number of ether oxygens (including phenoxy) is 2. The van der Waals surface area contributed by atoms with Crippen molar-refractivity contribution in [2.24, 2.45) is 0 Å². The molecule has 1 heterocycles. The van der Waals surface area contributed by atoms with Gasteiger partial charge in [0.2, 0.25) is 0 Å². The van der Waals surface area contributed by atoms with Gasteiger partial charge in [-0.3, -0.25) is 4.79 Å². The summed E-state index contributed by atoms with van der Waals surface area (Å²) in [6, 6.07) is 2.93. The molecule has 86 valence electrons. The molecule has 1 aromatic carbocycles. The van der Waals surface area contributed by atoms with Crippen molar-refractivity contribution >= 4 is 5.78 Å². The maximum atomic E-state index is 11.6. The Balaban J connectivity index is 2.35. The van der Waals surface area contributed by atoms with Crippen LogP contribution in [0.2, 0.25) is 0 Å². The molecular formula is C11H13NO4. The minimum Gasteiger partial charge on any atom is -0.507 e. The molecular weight excluding hydrogens is 210 g/mol. The first-order chi connectivity index (χ1) is 7.72. The van der Waals surface area contributed by atoms with Crippen LogP contribution in [0.3, 0.4) is 0 Å². The maximum absolute atomic E-state index is 11.6. The number of Topliss-reactive ketones (excluding diaryl/α,β-unsaturated/α-hetero) is 1. The summed E-state index contributed by atoms with van der Waals surface area (Å²) in [5.41, 5.74) is 0.249. The largest absolute Gasteiger partial charge is 0.507 e. The Hall–Kier alpha value is -1.75. The Bertz CT molecular complexity index is 417. The molecule has 0 radical (unpaired) electrons. The summed E-state index contributed by atoms with van der Waals surface area (Å²) in [5.74, 6) is 0.717. The van der Waals surface area contributed by atoms with Crippen molar-refractivity contribution in [1.82, 2.24) is 5.32 Å². The fraction of sp³-hybridized carbons (Fsp3) is 0.364. The van der Waals surface area contributed by atoms with Crippen LogP contribution in [0.4, 0.5) is 0 Å². The van der Waals surface area contributed by atoms with E-state index in [0.29, 0.717) is 24.7 Å². The Morgan fingerprint density at radius 3 is 2.62 bits per heavy atom. The lowest BCUT2D eigenvalue weighted by molar-refractivity contribution is 0.0989. The van der Waals surface area contributed by atoms with E-state index in [-0.39, 0.29) is 23.6 Å². The second kappa shape index (κ2) is 4.40. The first-order valence-electron chi connectivity index (χ1n) is 5.03. The number of rotatable bonds is 3. The van der Waals surface area contributed by atoms with Gasteiger partial charge in [-0.05, 0) is 13.1 Å². The predicted octanol–water partition coefficient (Wildman–Crippen LogP) is 0.566. The molecule has 0 aliphatic carbocycles. The fourth-order valence-corrected chi connectivity index (χ4v) is 1.56. The fourth-order valence-electron chi connectivity index (χ4n) is 1.56. The highest BCUT2D eigenvalue weighted by atomic mass is 16.6. The van der Waals surface area contributed by atoms with Crippen molar-refractivity contribution in [3.63, 3.8) is 0 Å². The number of aromatic hydroxyl groups is 1. The highest BCUT2D eigenvalue weighted by Crippen LogP contribution is 2.36. The van der Waals surface area contributed by atoms with Gasteiger partial charge in [0.05, 0.1) is 12.1 Å². The summed E-state index contributed by atoms with van der Waals surface area (Å²) >= 11 is 0. The smallest absolute Gasteiger partial charge is 0.180 e. The molecule has 1 aliphatic heterocycles. The van der Waals surface area contributed by atoms with Crippen molar-refractivity contribution in [1.29, 1.82) is 0 Å². The molecule has 16 heavy (non-hydrogen) atoms. The number of hydrogen-bond donors (Lipinski definition) is 2. The van der Waals surface area contributed by atoms with Gasteiger partial charge in [0.1, 0.15) is 19.0 Å². The van der Waals surface area contributed by atoms with Crippen LogP contribution >= 0.6 is 0 Å². The average molecular weight is 223 g/mol. The van der Waals surface area contributed by atoms with Crippen LogP contribution < -0.4 is 14.8 Å². The molecule has 0 amide bonds. The molecule has 2 N–H and O–H groups in total. The molecule has 1 aromatic rings. The molecule has 5 nitrogen and oxygen atoms in total. The van der Waals surface area contributed by atoms with Crippen LogP contribution in [0.25, 0.3) is 0 Å². The lowest BCUT2D eigenvalue weighted by atomic mass is 10.1. The van der Waals surface area contributed by atoms with E-state index in [1.54, 1.807) is 7.05 Å². The zero-order valence-electron chi connectivity index (χ0n) is 8.95. The Morgan fingerprint density at radius 2 is 2.00 bits per heavy atom. The molecule has 0 saturated carbocycles. The van der Waals surface area contributed by atoms with Crippen molar-refractivity contribution in [3.05, 3.63) is 17.7 Å². The third-order valence-corrected chi connectivity index (χ3v) is 2.30. The van der Waals surface area contributed by atoms with E-state index in [0.717, 1.165) is 0 Å². The minimum atomic E-state index is -0.183. The van der Waals surface area contributed by atoms with Crippen LogP contribution in [-0.2, 0) is 0 Å². The summed E-state index contributed by atoms with van der Waals surface area (Å²) in [6.07, 6.45) is 0. The van der Waals surface area contributed by atoms with Crippen LogP contribution in [-0.4, -0.2) is 37.7 Å². The van der Waals surface area contributed by atoms with Gasteiger partial charge in [-0.1, -0.05) is 0 Å². The third-order valence-electron chi connectivity index (χ3n) is 2.30. The number of hydrogen-bond acceptors (Lipinski definition) is 5. The Morgan fingerprint density at radius 1 is 1.38 bits per heavy atom. The molecule has 0 aromatic heterocycles. The second-order valence-electron chi connectivity index (χ2n) is 3.47. The first-order valence-corrected chi connectivity index (χ1v) is 5.03. The molecule has 0 atom stereocenters. The van der Waals surface area contributed by atoms with Crippen molar-refractivity contribution in [2.45, 2.75) is 0 Å². The molecule has 0 bridgehead atoms. The Kier molecular flexibility index (Phi) is 2.96. The van der Waals surface area contributed by atoms with Gasteiger partial charge in [-0.2, -0.15) is 0 Å². The van der Waals surface area contributed by atoms with Crippen LogP contribution in [0.1, 0.15) is 10.4 Å². The highest BCUT2D eigenvalue weighted by molar-refractivity contribution is 6.00. The van der Waals surface area contributed by atoms with Gasteiger partial charge in [0, 0.05) is 6.07 Å². The number of ketones is 1. The molecule has 5 heteroatoms. The standard InChI is InChI=1S/C11H13NO4/c1-12-6-9(14)7-4-10-11(5-8(7)13)16-3-2-15-10/h4-5,12-13H,2-3,6H2,1H3. The number of phenolic OH excluding ortho intramolecular Hbond substituents is 1. The SMILES string of the molecule is CNCC(=O)c1cc2c(cc1O)OCCO2. The zero-order chi connectivity index (χ0) is 11.5. The lowest BCUT2D eigenvalue weighted by Gasteiger charge is -2.19. The topological polar surface area (TPSA) is 67.8 Å². The van der Waals surface area contributed by atoms with Gasteiger partial charge in [0.15, 0.2) is 17.3 Å². The van der Waals surface area contributed by atoms with Gasteiger partial charge in [0.25, 0.3) is 0 Å².